The Hall–Kier alpha value is -4.36. The fraction of sp³-hybridized carbons (Fsp3) is 0.361. The number of hydrogen-bond donors (Lipinski definition) is 4. The number of pyridine rings is 3. The Balaban J connectivity index is 1.16. The number of carbonyl (C=O) groups excluding carboxylic acids is 2. The van der Waals surface area contributed by atoms with Gasteiger partial charge in [-0.15, -0.1) is 0 Å². The van der Waals surface area contributed by atoms with Gasteiger partial charge in [-0.3, -0.25) is 14.6 Å². The van der Waals surface area contributed by atoms with Gasteiger partial charge >= 0.3 is 0 Å². The number of likely N-dealkylation sites (tertiary alicyclic amines) is 1. The van der Waals surface area contributed by atoms with E-state index in [1.807, 2.05) is 35.2 Å². The average molecular weight is 722 g/mol. The Kier molecular flexibility index (Phi) is 11.4. The molecule has 2 saturated heterocycles. The molecule has 2 aliphatic rings. The van der Waals surface area contributed by atoms with Crippen molar-refractivity contribution in [1.82, 2.24) is 35.8 Å². The van der Waals surface area contributed by atoms with Gasteiger partial charge in [0.1, 0.15) is 0 Å². The van der Waals surface area contributed by atoms with Crippen LogP contribution >= 0.6 is 23.2 Å². The highest BCUT2D eigenvalue weighted by Crippen LogP contribution is 2.41. The van der Waals surface area contributed by atoms with Gasteiger partial charge in [0.25, 0.3) is 0 Å². The summed E-state index contributed by atoms with van der Waals surface area (Å²) in [6, 6.07) is 12.9. The molecule has 0 saturated carbocycles. The molecule has 14 heteroatoms. The van der Waals surface area contributed by atoms with Crippen molar-refractivity contribution in [2.75, 3.05) is 32.1 Å². The van der Waals surface area contributed by atoms with E-state index >= 15 is 4.39 Å². The van der Waals surface area contributed by atoms with Crippen LogP contribution in [0.15, 0.2) is 54.9 Å². The van der Waals surface area contributed by atoms with Crippen molar-refractivity contribution in [3.05, 3.63) is 81.8 Å². The van der Waals surface area contributed by atoms with Crippen LogP contribution in [-0.4, -0.2) is 70.5 Å². The van der Waals surface area contributed by atoms with Crippen LogP contribution in [0, 0.1) is 5.82 Å². The van der Waals surface area contributed by atoms with Crippen LogP contribution in [0.1, 0.15) is 43.7 Å². The van der Waals surface area contributed by atoms with Crippen LogP contribution in [0.3, 0.4) is 0 Å². The van der Waals surface area contributed by atoms with E-state index in [1.165, 1.54) is 0 Å². The first-order valence-corrected chi connectivity index (χ1v) is 17.3. The van der Waals surface area contributed by atoms with E-state index in [4.69, 9.17) is 32.9 Å². The second-order valence-corrected chi connectivity index (χ2v) is 13.2. The first-order valence-electron chi connectivity index (χ1n) is 16.6. The minimum atomic E-state index is -0.486. The monoisotopic (exact) mass is 720 g/mol. The summed E-state index contributed by atoms with van der Waals surface area (Å²) >= 11 is 13.9. The zero-order valence-electron chi connectivity index (χ0n) is 27.9. The maximum atomic E-state index is 15.6. The van der Waals surface area contributed by atoms with Crippen molar-refractivity contribution in [2.24, 2.45) is 0 Å². The maximum Gasteiger partial charge on any atom is 0.220 e. The average Bonchev–Trinajstić information content (AvgIpc) is 3.54. The standard InChI is InChI=1S/C36H39Cl2FN8O3/c1-21(48)47-16-12-24(13-17-47)43-19-22-10-14-42-35(33(22)39)45-29-11-15-41-34(32(29)38)27-5-3-4-26(31(27)37)28-8-6-23(36(46-28)50-2)18-40-20-25-7-9-30(49)44-25/h3-6,8,10-11,14-15,24-25,40,43H,7,9,12-13,16-20H2,1-2H3,(H,44,49)(H,41,42,45). The molecule has 1 aromatic carbocycles. The number of hydrogen-bond acceptors (Lipinski definition) is 9. The predicted molar refractivity (Wildman–Crippen MR) is 192 cm³/mol. The van der Waals surface area contributed by atoms with Crippen molar-refractivity contribution in [2.45, 2.75) is 57.8 Å². The van der Waals surface area contributed by atoms with Crippen molar-refractivity contribution in [3.63, 3.8) is 0 Å². The minimum Gasteiger partial charge on any atom is -0.481 e. The number of nitrogens with zero attached hydrogens (tertiary/aromatic N) is 4. The van der Waals surface area contributed by atoms with Crippen LogP contribution in [-0.2, 0) is 22.7 Å². The third kappa shape index (κ3) is 8.15. The smallest absolute Gasteiger partial charge is 0.220 e. The lowest BCUT2D eigenvalue weighted by atomic mass is 10.0. The van der Waals surface area contributed by atoms with Crippen molar-refractivity contribution < 1.29 is 18.7 Å². The van der Waals surface area contributed by atoms with Gasteiger partial charge in [-0.1, -0.05) is 47.5 Å². The topological polar surface area (TPSA) is 133 Å². The molecule has 0 radical (unpaired) electrons. The summed E-state index contributed by atoms with van der Waals surface area (Å²) < 4.78 is 21.3. The third-order valence-corrected chi connectivity index (χ3v) is 9.88. The first kappa shape index (κ1) is 35.5. The van der Waals surface area contributed by atoms with Crippen LogP contribution in [0.2, 0.25) is 10.0 Å². The van der Waals surface area contributed by atoms with Crippen molar-refractivity contribution in [3.8, 4) is 28.4 Å². The fourth-order valence-electron chi connectivity index (χ4n) is 6.27. The zero-order valence-corrected chi connectivity index (χ0v) is 29.4. The number of amides is 2. The van der Waals surface area contributed by atoms with Gasteiger partial charge in [0.05, 0.1) is 34.2 Å². The lowest BCUT2D eigenvalue weighted by molar-refractivity contribution is -0.130. The molecular weight excluding hydrogens is 682 g/mol. The Bertz CT molecular complexity index is 1870. The molecule has 262 valence electrons. The third-order valence-electron chi connectivity index (χ3n) is 9.09. The van der Waals surface area contributed by atoms with Gasteiger partial charge in [-0.05, 0) is 37.5 Å². The number of ether oxygens (including phenoxy) is 1. The number of nitrogens with one attached hydrogen (secondary N) is 4. The van der Waals surface area contributed by atoms with E-state index in [0.29, 0.717) is 83.8 Å². The van der Waals surface area contributed by atoms with Gasteiger partial charge in [0, 0.05) is 92.8 Å². The van der Waals surface area contributed by atoms with Crippen molar-refractivity contribution >= 4 is 46.5 Å². The number of benzene rings is 1. The molecule has 3 aromatic heterocycles. The van der Waals surface area contributed by atoms with E-state index in [1.54, 1.807) is 38.6 Å². The van der Waals surface area contributed by atoms with Gasteiger partial charge in [0.15, 0.2) is 11.6 Å². The molecule has 0 spiro atoms. The summed E-state index contributed by atoms with van der Waals surface area (Å²) in [5.41, 5.74) is 3.99. The molecule has 2 fully saturated rings. The molecule has 0 bridgehead atoms. The second kappa shape index (κ2) is 16.1. The van der Waals surface area contributed by atoms with Gasteiger partial charge < -0.3 is 30.9 Å². The van der Waals surface area contributed by atoms with Gasteiger partial charge in [-0.25, -0.2) is 14.4 Å². The van der Waals surface area contributed by atoms with E-state index in [-0.39, 0.29) is 34.7 Å². The van der Waals surface area contributed by atoms with E-state index in [0.717, 1.165) is 24.8 Å². The lowest BCUT2D eigenvalue weighted by Gasteiger charge is -2.31. The van der Waals surface area contributed by atoms with Crippen LogP contribution in [0.5, 0.6) is 5.88 Å². The minimum absolute atomic E-state index is 0.0356. The molecule has 4 aromatic rings. The number of piperidine rings is 1. The van der Waals surface area contributed by atoms with Crippen LogP contribution < -0.4 is 26.0 Å². The summed E-state index contributed by atoms with van der Waals surface area (Å²) in [4.78, 5) is 38.4. The number of halogens is 3. The SMILES string of the molecule is COc1nc(-c2cccc(-c3nccc(Nc4nccc(CNC5CCN(C(C)=O)CC5)c4F)c3Cl)c2Cl)ccc1CNCC1CCC(=O)N1. The molecule has 4 N–H and O–H groups in total. The maximum absolute atomic E-state index is 15.6. The number of carbonyl (C=O) groups is 2. The quantitative estimate of drug-likeness (QED) is 0.142. The number of aromatic nitrogens is 3. The highest BCUT2D eigenvalue weighted by Gasteiger charge is 2.23. The summed E-state index contributed by atoms with van der Waals surface area (Å²) in [5.74, 6) is 0.167. The Morgan fingerprint density at radius 1 is 1.00 bits per heavy atom. The first-order chi connectivity index (χ1) is 24.2. The molecule has 1 atom stereocenters. The van der Waals surface area contributed by atoms with Crippen LogP contribution in [0.25, 0.3) is 22.5 Å². The summed E-state index contributed by atoms with van der Waals surface area (Å²) in [6.45, 7) is 4.45. The summed E-state index contributed by atoms with van der Waals surface area (Å²) in [6.07, 6.45) is 6.12. The van der Waals surface area contributed by atoms with E-state index in [2.05, 4.69) is 31.2 Å². The highest BCUT2D eigenvalue weighted by molar-refractivity contribution is 6.39. The van der Waals surface area contributed by atoms with Gasteiger partial charge in [-0.2, -0.15) is 0 Å². The molecule has 5 heterocycles. The molecule has 50 heavy (non-hydrogen) atoms. The Morgan fingerprint density at radius 3 is 2.52 bits per heavy atom. The largest absolute Gasteiger partial charge is 0.481 e. The Labute approximate surface area is 300 Å². The molecule has 11 nitrogen and oxygen atoms in total. The Morgan fingerprint density at radius 2 is 1.78 bits per heavy atom. The number of anilines is 2. The van der Waals surface area contributed by atoms with E-state index < -0.39 is 5.82 Å². The molecular formula is C36H39Cl2FN8O3. The van der Waals surface area contributed by atoms with Crippen LogP contribution in [0.4, 0.5) is 15.9 Å². The molecule has 6 rings (SSSR count). The number of methoxy groups -OCH3 is 1. The zero-order chi connectivity index (χ0) is 35.2. The molecule has 0 aliphatic carbocycles. The van der Waals surface area contributed by atoms with Crippen molar-refractivity contribution in [1.29, 1.82) is 0 Å². The molecule has 2 aliphatic heterocycles. The molecule has 2 amide bonds. The lowest BCUT2D eigenvalue weighted by Crippen LogP contribution is -2.44. The van der Waals surface area contributed by atoms with E-state index in [9.17, 15) is 9.59 Å². The second-order valence-electron chi connectivity index (χ2n) is 12.4. The normalized spacial score (nSPS) is 16.4. The number of rotatable bonds is 12. The molecule has 1 unspecified atom stereocenters. The predicted octanol–water partition coefficient (Wildman–Crippen LogP) is 5.87. The summed E-state index contributed by atoms with van der Waals surface area (Å²) in [7, 11) is 1.57. The summed E-state index contributed by atoms with van der Waals surface area (Å²) in [5, 5.41) is 13.4. The highest BCUT2D eigenvalue weighted by atomic mass is 35.5. The van der Waals surface area contributed by atoms with Gasteiger partial charge in [0.2, 0.25) is 17.7 Å². The fourth-order valence-corrected chi connectivity index (χ4v) is 6.84.